The van der Waals surface area contributed by atoms with Crippen LogP contribution in [0.3, 0.4) is 0 Å². The number of rotatable bonds is 8. The molecule has 4 nitrogen and oxygen atoms in total. The maximum atomic E-state index is 11.8. The Hall–Kier alpha value is -3.11. The summed E-state index contributed by atoms with van der Waals surface area (Å²) in [5.74, 6) is 0.442. The molecular weight excluding hydrogens is 350 g/mol. The molecule has 0 spiro atoms. The van der Waals surface area contributed by atoms with Gasteiger partial charge in [0.1, 0.15) is 18.4 Å². The average molecular weight is 375 g/mol. The SMILES string of the molecule is CCOC(=O)C(N)Cc1cccc(-c2ccccc2OCc2ccccc2)c1. The maximum absolute atomic E-state index is 11.8. The number of ether oxygens (including phenoxy) is 2. The molecule has 144 valence electrons. The Balaban J connectivity index is 1.77. The fourth-order valence-electron chi connectivity index (χ4n) is 3.02. The zero-order valence-corrected chi connectivity index (χ0v) is 16.0. The van der Waals surface area contributed by atoms with Gasteiger partial charge in [-0.25, -0.2) is 0 Å². The van der Waals surface area contributed by atoms with Crippen LogP contribution in [0.5, 0.6) is 5.75 Å². The number of para-hydroxylation sites is 1. The summed E-state index contributed by atoms with van der Waals surface area (Å²) in [4.78, 5) is 11.8. The summed E-state index contributed by atoms with van der Waals surface area (Å²) >= 11 is 0. The highest BCUT2D eigenvalue weighted by molar-refractivity contribution is 5.76. The van der Waals surface area contributed by atoms with E-state index in [1.165, 1.54) is 0 Å². The van der Waals surface area contributed by atoms with Crippen molar-refractivity contribution in [1.29, 1.82) is 0 Å². The van der Waals surface area contributed by atoms with E-state index < -0.39 is 6.04 Å². The minimum Gasteiger partial charge on any atom is -0.488 e. The summed E-state index contributed by atoms with van der Waals surface area (Å²) in [6.45, 7) is 2.61. The van der Waals surface area contributed by atoms with Crippen LogP contribution in [0.2, 0.25) is 0 Å². The minimum atomic E-state index is -0.667. The van der Waals surface area contributed by atoms with E-state index in [1.54, 1.807) is 6.92 Å². The van der Waals surface area contributed by atoms with Gasteiger partial charge in [-0.2, -0.15) is 0 Å². The van der Waals surface area contributed by atoms with E-state index in [0.29, 0.717) is 19.6 Å². The van der Waals surface area contributed by atoms with Crippen LogP contribution < -0.4 is 10.5 Å². The van der Waals surface area contributed by atoms with Crippen LogP contribution >= 0.6 is 0 Å². The quantitative estimate of drug-likeness (QED) is 0.594. The number of esters is 1. The van der Waals surface area contributed by atoms with Crippen LogP contribution in [0.15, 0.2) is 78.9 Å². The van der Waals surface area contributed by atoms with Gasteiger partial charge in [0.15, 0.2) is 0 Å². The molecule has 1 atom stereocenters. The topological polar surface area (TPSA) is 61.5 Å². The molecule has 0 saturated carbocycles. The first-order chi connectivity index (χ1) is 13.7. The highest BCUT2D eigenvalue weighted by Gasteiger charge is 2.15. The number of hydrogen-bond acceptors (Lipinski definition) is 4. The zero-order valence-electron chi connectivity index (χ0n) is 16.0. The Morgan fingerprint density at radius 2 is 1.64 bits per heavy atom. The average Bonchev–Trinajstić information content (AvgIpc) is 2.73. The molecule has 0 aliphatic rings. The van der Waals surface area contributed by atoms with Crippen LogP contribution in [0.25, 0.3) is 11.1 Å². The van der Waals surface area contributed by atoms with Crippen LogP contribution in [-0.4, -0.2) is 18.6 Å². The zero-order chi connectivity index (χ0) is 19.8. The van der Waals surface area contributed by atoms with Crippen LogP contribution in [0.1, 0.15) is 18.1 Å². The molecule has 2 N–H and O–H groups in total. The lowest BCUT2D eigenvalue weighted by Crippen LogP contribution is -2.34. The van der Waals surface area contributed by atoms with Crippen molar-refractivity contribution in [3.8, 4) is 16.9 Å². The van der Waals surface area contributed by atoms with Gasteiger partial charge >= 0.3 is 5.97 Å². The smallest absolute Gasteiger partial charge is 0.323 e. The molecule has 0 amide bonds. The molecule has 0 aliphatic heterocycles. The summed E-state index contributed by atoms with van der Waals surface area (Å²) in [5.41, 5.74) is 10.1. The van der Waals surface area contributed by atoms with Gasteiger partial charge in [-0.05, 0) is 36.1 Å². The second-order valence-corrected chi connectivity index (χ2v) is 6.53. The van der Waals surface area contributed by atoms with Crippen LogP contribution in [0.4, 0.5) is 0 Å². The predicted molar refractivity (Wildman–Crippen MR) is 111 cm³/mol. The molecule has 3 rings (SSSR count). The Bertz CT molecular complexity index is 908. The summed E-state index contributed by atoms with van der Waals surface area (Å²) in [6.07, 6.45) is 0.430. The lowest BCUT2D eigenvalue weighted by Gasteiger charge is -2.14. The second-order valence-electron chi connectivity index (χ2n) is 6.53. The predicted octanol–water partition coefficient (Wildman–Crippen LogP) is 4.37. The van der Waals surface area contributed by atoms with Crippen molar-refractivity contribution in [3.05, 3.63) is 90.0 Å². The van der Waals surface area contributed by atoms with Crippen molar-refractivity contribution in [2.45, 2.75) is 26.0 Å². The molecule has 0 aromatic heterocycles. The molecule has 0 saturated heterocycles. The summed E-state index contributed by atoms with van der Waals surface area (Å²) < 4.78 is 11.1. The molecule has 1 unspecified atom stereocenters. The first-order valence-electron chi connectivity index (χ1n) is 9.44. The number of benzene rings is 3. The van der Waals surface area contributed by atoms with Crippen LogP contribution in [-0.2, 0) is 22.6 Å². The maximum Gasteiger partial charge on any atom is 0.323 e. The van der Waals surface area contributed by atoms with E-state index in [9.17, 15) is 4.79 Å². The molecule has 0 heterocycles. The highest BCUT2D eigenvalue weighted by Crippen LogP contribution is 2.31. The summed E-state index contributed by atoms with van der Waals surface area (Å²) in [7, 11) is 0. The molecule has 0 radical (unpaired) electrons. The molecular formula is C24H25NO3. The van der Waals surface area contributed by atoms with Gasteiger partial charge in [-0.1, -0.05) is 72.8 Å². The number of carbonyl (C=O) groups is 1. The number of carbonyl (C=O) groups excluding carboxylic acids is 1. The van der Waals surface area contributed by atoms with Gasteiger partial charge in [-0.3, -0.25) is 4.79 Å². The van der Waals surface area contributed by atoms with Crippen molar-refractivity contribution >= 4 is 5.97 Å². The third kappa shape index (κ3) is 5.21. The summed E-state index contributed by atoms with van der Waals surface area (Å²) in [5, 5.41) is 0. The van der Waals surface area contributed by atoms with Crippen molar-refractivity contribution < 1.29 is 14.3 Å². The van der Waals surface area contributed by atoms with E-state index in [0.717, 1.165) is 28.0 Å². The third-order valence-corrected chi connectivity index (χ3v) is 4.41. The molecule has 0 aliphatic carbocycles. The first kappa shape index (κ1) is 19.6. The van der Waals surface area contributed by atoms with Gasteiger partial charge in [0.25, 0.3) is 0 Å². The molecule has 3 aromatic carbocycles. The fourth-order valence-corrected chi connectivity index (χ4v) is 3.02. The van der Waals surface area contributed by atoms with Crippen molar-refractivity contribution in [2.75, 3.05) is 6.61 Å². The third-order valence-electron chi connectivity index (χ3n) is 4.41. The molecule has 0 bridgehead atoms. The van der Waals surface area contributed by atoms with Crippen molar-refractivity contribution in [2.24, 2.45) is 5.73 Å². The van der Waals surface area contributed by atoms with E-state index in [4.69, 9.17) is 15.2 Å². The monoisotopic (exact) mass is 375 g/mol. The van der Waals surface area contributed by atoms with Crippen molar-refractivity contribution in [3.63, 3.8) is 0 Å². The molecule has 0 fully saturated rings. The lowest BCUT2D eigenvalue weighted by molar-refractivity contribution is -0.144. The van der Waals surface area contributed by atoms with Crippen molar-refractivity contribution in [1.82, 2.24) is 0 Å². The molecule has 3 aromatic rings. The first-order valence-corrected chi connectivity index (χ1v) is 9.44. The summed E-state index contributed by atoms with van der Waals surface area (Å²) in [6, 6.07) is 25.4. The Morgan fingerprint density at radius 3 is 2.43 bits per heavy atom. The molecule has 4 heteroatoms. The standard InChI is InChI=1S/C24H25NO3/c1-2-27-24(26)22(25)16-19-11-8-12-20(15-19)21-13-6-7-14-23(21)28-17-18-9-4-3-5-10-18/h3-15,22H,2,16-17,25H2,1H3. The normalized spacial score (nSPS) is 11.6. The number of hydrogen-bond donors (Lipinski definition) is 1. The van der Waals surface area contributed by atoms with Gasteiger partial charge in [0.2, 0.25) is 0 Å². The Labute approximate surface area is 165 Å². The van der Waals surface area contributed by atoms with Gasteiger partial charge in [0, 0.05) is 5.56 Å². The van der Waals surface area contributed by atoms with Gasteiger partial charge < -0.3 is 15.2 Å². The van der Waals surface area contributed by atoms with E-state index in [-0.39, 0.29) is 5.97 Å². The lowest BCUT2D eigenvalue weighted by atomic mass is 9.99. The van der Waals surface area contributed by atoms with Gasteiger partial charge in [0.05, 0.1) is 6.61 Å². The second kappa shape index (κ2) is 9.72. The fraction of sp³-hybridized carbons (Fsp3) is 0.208. The largest absolute Gasteiger partial charge is 0.488 e. The van der Waals surface area contributed by atoms with Gasteiger partial charge in [-0.15, -0.1) is 0 Å². The Morgan fingerprint density at radius 1 is 0.929 bits per heavy atom. The van der Waals surface area contributed by atoms with E-state index in [1.807, 2.05) is 78.9 Å². The minimum absolute atomic E-state index is 0.332. The Kier molecular flexibility index (Phi) is 6.82. The highest BCUT2D eigenvalue weighted by atomic mass is 16.5. The molecule has 28 heavy (non-hydrogen) atoms. The van der Waals surface area contributed by atoms with E-state index >= 15 is 0 Å². The van der Waals surface area contributed by atoms with E-state index in [2.05, 4.69) is 0 Å². The van der Waals surface area contributed by atoms with Crippen LogP contribution in [0, 0.1) is 0 Å². The number of nitrogens with two attached hydrogens (primary N) is 1.